The summed E-state index contributed by atoms with van der Waals surface area (Å²) >= 11 is 0. The Morgan fingerprint density at radius 1 is 1.28 bits per heavy atom. The summed E-state index contributed by atoms with van der Waals surface area (Å²) in [6, 6.07) is 10.9. The van der Waals surface area contributed by atoms with E-state index in [9.17, 15) is 0 Å². The van der Waals surface area contributed by atoms with E-state index >= 15 is 0 Å². The standard InChI is InChI=1S/C15H21N3/c1-3-9-18-12-16-10-15(18)11-17-13(2)14-7-5-4-6-8-14/h4-8,10,12-13,17H,3,9,11H2,1-2H3. The van der Waals surface area contributed by atoms with Crippen molar-refractivity contribution >= 4 is 0 Å². The van der Waals surface area contributed by atoms with Gasteiger partial charge in [0.2, 0.25) is 0 Å². The van der Waals surface area contributed by atoms with Gasteiger partial charge in [0.25, 0.3) is 0 Å². The summed E-state index contributed by atoms with van der Waals surface area (Å²) in [6.07, 6.45) is 4.99. The number of benzene rings is 1. The summed E-state index contributed by atoms with van der Waals surface area (Å²) < 4.78 is 2.21. The molecule has 1 N–H and O–H groups in total. The first kappa shape index (κ1) is 12.8. The Hall–Kier alpha value is -1.61. The van der Waals surface area contributed by atoms with Crippen molar-refractivity contribution in [3.05, 3.63) is 54.1 Å². The summed E-state index contributed by atoms with van der Waals surface area (Å²) in [6.45, 7) is 6.27. The predicted octanol–water partition coefficient (Wildman–Crippen LogP) is 3.14. The molecule has 2 rings (SSSR count). The molecule has 96 valence electrons. The van der Waals surface area contributed by atoms with Crippen molar-refractivity contribution < 1.29 is 0 Å². The number of imidazole rings is 1. The van der Waals surface area contributed by atoms with Crippen LogP contribution in [0.1, 0.15) is 37.6 Å². The van der Waals surface area contributed by atoms with E-state index in [2.05, 4.69) is 53.0 Å². The highest BCUT2D eigenvalue weighted by Gasteiger charge is 2.06. The van der Waals surface area contributed by atoms with Crippen LogP contribution in [0.25, 0.3) is 0 Å². The van der Waals surface area contributed by atoms with Crippen molar-refractivity contribution in [2.24, 2.45) is 0 Å². The first-order valence-electron chi connectivity index (χ1n) is 6.58. The maximum atomic E-state index is 4.21. The van der Waals surface area contributed by atoms with Gasteiger partial charge in [-0.3, -0.25) is 0 Å². The molecule has 1 atom stereocenters. The third-order valence-corrected chi connectivity index (χ3v) is 3.15. The summed E-state index contributed by atoms with van der Waals surface area (Å²) in [5.74, 6) is 0. The monoisotopic (exact) mass is 243 g/mol. The number of hydrogen-bond acceptors (Lipinski definition) is 2. The Morgan fingerprint density at radius 3 is 2.78 bits per heavy atom. The number of aromatic nitrogens is 2. The van der Waals surface area contributed by atoms with Crippen LogP contribution < -0.4 is 5.32 Å². The second-order valence-corrected chi connectivity index (χ2v) is 4.59. The molecule has 1 heterocycles. The average molecular weight is 243 g/mol. The van der Waals surface area contributed by atoms with E-state index in [1.54, 1.807) is 0 Å². The lowest BCUT2D eigenvalue weighted by atomic mass is 10.1. The molecule has 0 saturated carbocycles. The molecule has 2 aromatic rings. The highest BCUT2D eigenvalue weighted by atomic mass is 15.1. The lowest BCUT2D eigenvalue weighted by Gasteiger charge is -2.15. The zero-order chi connectivity index (χ0) is 12.8. The van der Waals surface area contributed by atoms with Crippen LogP contribution in [0, 0.1) is 0 Å². The summed E-state index contributed by atoms with van der Waals surface area (Å²) in [4.78, 5) is 4.21. The van der Waals surface area contributed by atoms with Gasteiger partial charge in [-0.2, -0.15) is 0 Å². The average Bonchev–Trinajstić information content (AvgIpc) is 2.85. The van der Waals surface area contributed by atoms with E-state index in [4.69, 9.17) is 0 Å². The summed E-state index contributed by atoms with van der Waals surface area (Å²) in [5.41, 5.74) is 2.57. The Bertz CT molecular complexity index is 462. The van der Waals surface area contributed by atoms with Gasteiger partial charge in [0.05, 0.1) is 12.0 Å². The van der Waals surface area contributed by atoms with Gasteiger partial charge < -0.3 is 9.88 Å². The van der Waals surface area contributed by atoms with E-state index in [1.807, 2.05) is 18.6 Å². The molecule has 1 unspecified atom stereocenters. The smallest absolute Gasteiger partial charge is 0.0948 e. The molecule has 0 radical (unpaired) electrons. The lowest BCUT2D eigenvalue weighted by molar-refractivity contribution is 0.541. The molecule has 3 heteroatoms. The van der Waals surface area contributed by atoms with Crippen molar-refractivity contribution in [1.29, 1.82) is 0 Å². The fourth-order valence-corrected chi connectivity index (χ4v) is 2.05. The van der Waals surface area contributed by atoms with E-state index in [0.29, 0.717) is 6.04 Å². The van der Waals surface area contributed by atoms with E-state index in [-0.39, 0.29) is 0 Å². The van der Waals surface area contributed by atoms with Gasteiger partial charge in [-0.1, -0.05) is 37.3 Å². The van der Waals surface area contributed by atoms with Crippen LogP contribution in [-0.2, 0) is 13.1 Å². The molecule has 18 heavy (non-hydrogen) atoms. The third-order valence-electron chi connectivity index (χ3n) is 3.15. The number of rotatable bonds is 6. The lowest BCUT2D eigenvalue weighted by Crippen LogP contribution is -2.20. The van der Waals surface area contributed by atoms with Crippen molar-refractivity contribution in [2.75, 3.05) is 0 Å². The molecule has 0 bridgehead atoms. The van der Waals surface area contributed by atoms with E-state index in [1.165, 1.54) is 11.3 Å². The number of nitrogens with zero attached hydrogens (tertiary/aromatic N) is 2. The van der Waals surface area contributed by atoms with Gasteiger partial charge in [0.1, 0.15) is 0 Å². The highest BCUT2D eigenvalue weighted by Crippen LogP contribution is 2.12. The van der Waals surface area contributed by atoms with Crippen LogP contribution in [0.2, 0.25) is 0 Å². The van der Waals surface area contributed by atoms with Crippen molar-refractivity contribution in [2.45, 2.75) is 39.4 Å². The zero-order valence-corrected chi connectivity index (χ0v) is 11.1. The van der Waals surface area contributed by atoms with Crippen molar-refractivity contribution in [3.8, 4) is 0 Å². The predicted molar refractivity (Wildman–Crippen MR) is 74.2 cm³/mol. The van der Waals surface area contributed by atoms with Crippen molar-refractivity contribution in [1.82, 2.24) is 14.9 Å². The number of nitrogens with one attached hydrogen (secondary N) is 1. The Morgan fingerprint density at radius 2 is 2.06 bits per heavy atom. The molecule has 0 aliphatic rings. The normalized spacial score (nSPS) is 12.6. The molecule has 1 aromatic heterocycles. The molecule has 0 saturated heterocycles. The van der Waals surface area contributed by atoms with Gasteiger partial charge >= 0.3 is 0 Å². The SMILES string of the molecule is CCCn1cncc1CNC(C)c1ccccc1. The second-order valence-electron chi connectivity index (χ2n) is 4.59. The minimum absolute atomic E-state index is 0.358. The first-order chi connectivity index (χ1) is 8.81. The molecule has 0 amide bonds. The second kappa shape index (κ2) is 6.36. The quantitative estimate of drug-likeness (QED) is 0.844. The molecule has 0 spiro atoms. The van der Waals surface area contributed by atoms with Crippen LogP contribution >= 0.6 is 0 Å². The molecule has 3 nitrogen and oxygen atoms in total. The molecular formula is C15H21N3. The van der Waals surface area contributed by atoms with Gasteiger partial charge in [-0.25, -0.2) is 4.98 Å². The fourth-order valence-electron chi connectivity index (χ4n) is 2.05. The maximum absolute atomic E-state index is 4.21. The Labute approximate surface area is 109 Å². The summed E-state index contributed by atoms with van der Waals surface area (Å²) in [5, 5.41) is 3.54. The van der Waals surface area contributed by atoms with Crippen LogP contribution in [0.3, 0.4) is 0 Å². The molecule has 0 aliphatic carbocycles. The number of hydrogen-bond donors (Lipinski definition) is 1. The number of aryl methyl sites for hydroxylation is 1. The molecule has 0 fully saturated rings. The zero-order valence-electron chi connectivity index (χ0n) is 11.1. The summed E-state index contributed by atoms with van der Waals surface area (Å²) in [7, 11) is 0. The largest absolute Gasteiger partial charge is 0.333 e. The van der Waals surface area contributed by atoms with Gasteiger partial charge in [-0.15, -0.1) is 0 Å². The van der Waals surface area contributed by atoms with Crippen molar-refractivity contribution in [3.63, 3.8) is 0 Å². The van der Waals surface area contributed by atoms with Crippen LogP contribution in [0.4, 0.5) is 0 Å². The van der Waals surface area contributed by atoms with Gasteiger partial charge in [-0.05, 0) is 18.9 Å². The van der Waals surface area contributed by atoms with Crippen LogP contribution in [0.5, 0.6) is 0 Å². The maximum Gasteiger partial charge on any atom is 0.0948 e. The topological polar surface area (TPSA) is 29.9 Å². The Kier molecular flexibility index (Phi) is 4.53. The first-order valence-corrected chi connectivity index (χ1v) is 6.58. The van der Waals surface area contributed by atoms with Gasteiger partial charge in [0.15, 0.2) is 0 Å². The minimum Gasteiger partial charge on any atom is -0.333 e. The molecule has 0 aliphatic heterocycles. The Balaban J connectivity index is 1.93. The molecule has 1 aromatic carbocycles. The van der Waals surface area contributed by atoms with Gasteiger partial charge in [0, 0.05) is 25.3 Å². The molecular weight excluding hydrogens is 222 g/mol. The van der Waals surface area contributed by atoms with E-state index in [0.717, 1.165) is 19.5 Å². The van der Waals surface area contributed by atoms with Crippen LogP contribution in [0.15, 0.2) is 42.9 Å². The van der Waals surface area contributed by atoms with Crippen LogP contribution in [-0.4, -0.2) is 9.55 Å². The van der Waals surface area contributed by atoms with E-state index < -0.39 is 0 Å². The highest BCUT2D eigenvalue weighted by molar-refractivity contribution is 5.18. The minimum atomic E-state index is 0.358. The third kappa shape index (κ3) is 3.20. The fraction of sp³-hybridized carbons (Fsp3) is 0.400.